The van der Waals surface area contributed by atoms with Crippen LogP contribution < -0.4 is 5.32 Å². The number of amides is 2. The Morgan fingerprint density at radius 1 is 1.08 bits per heavy atom. The monoisotopic (exact) mass is 324 g/mol. The molecule has 0 saturated carbocycles. The Balaban J connectivity index is 1.51. The van der Waals surface area contributed by atoms with Gasteiger partial charge in [0.05, 0.1) is 0 Å². The first-order valence-electron chi connectivity index (χ1n) is 8.36. The molecular weight excluding hydrogens is 300 g/mol. The van der Waals surface area contributed by atoms with Gasteiger partial charge < -0.3 is 10.2 Å². The van der Waals surface area contributed by atoms with Gasteiger partial charge in [0.25, 0.3) is 0 Å². The van der Waals surface area contributed by atoms with Gasteiger partial charge in [-0.15, -0.1) is 0 Å². The summed E-state index contributed by atoms with van der Waals surface area (Å²) in [4.78, 5) is 20.8. The van der Waals surface area contributed by atoms with Crippen LogP contribution in [-0.2, 0) is 6.54 Å². The number of anilines is 1. The van der Waals surface area contributed by atoms with E-state index in [0.717, 1.165) is 44.0 Å². The fraction of sp³-hybridized carbons (Fsp3) is 0.368. The van der Waals surface area contributed by atoms with Crippen molar-refractivity contribution in [3.05, 3.63) is 59.4 Å². The molecule has 1 aromatic carbocycles. The molecule has 1 aromatic heterocycles. The molecule has 1 N–H and O–H groups in total. The lowest BCUT2D eigenvalue weighted by Crippen LogP contribution is -2.49. The summed E-state index contributed by atoms with van der Waals surface area (Å²) >= 11 is 0. The maximum absolute atomic E-state index is 12.5. The molecule has 24 heavy (non-hydrogen) atoms. The van der Waals surface area contributed by atoms with E-state index in [0.29, 0.717) is 0 Å². The minimum atomic E-state index is -0.00878. The maximum Gasteiger partial charge on any atom is 0.321 e. The molecule has 1 aliphatic rings. The Labute approximate surface area is 143 Å². The van der Waals surface area contributed by atoms with Gasteiger partial charge in [-0.1, -0.05) is 17.7 Å². The van der Waals surface area contributed by atoms with Crippen molar-refractivity contribution in [1.29, 1.82) is 0 Å². The number of aromatic nitrogens is 1. The number of carbonyl (C=O) groups is 1. The smallest absolute Gasteiger partial charge is 0.321 e. The van der Waals surface area contributed by atoms with Gasteiger partial charge in [0.2, 0.25) is 0 Å². The highest BCUT2D eigenvalue weighted by Crippen LogP contribution is 2.17. The molecule has 126 valence electrons. The highest BCUT2D eigenvalue weighted by Gasteiger charge is 2.21. The number of benzene rings is 1. The molecular formula is C19H24N4O. The Morgan fingerprint density at radius 2 is 1.79 bits per heavy atom. The van der Waals surface area contributed by atoms with Crippen molar-refractivity contribution < 1.29 is 4.79 Å². The third-order valence-electron chi connectivity index (χ3n) is 4.44. The van der Waals surface area contributed by atoms with Gasteiger partial charge in [-0.3, -0.25) is 9.88 Å². The predicted octanol–water partition coefficient (Wildman–Crippen LogP) is 3.05. The molecule has 1 saturated heterocycles. The van der Waals surface area contributed by atoms with Crippen molar-refractivity contribution in [3.8, 4) is 0 Å². The number of urea groups is 1. The number of rotatable bonds is 3. The van der Waals surface area contributed by atoms with Crippen molar-refractivity contribution in [3.63, 3.8) is 0 Å². The van der Waals surface area contributed by atoms with E-state index in [4.69, 9.17) is 0 Å². The summed E-state index contributed by atoms with van der Waals surface area (Å²) in [6, 6.07) is 10.2. The lowest BCUT2D eigenvalue weighted by atomic mass is 10.1. The highest BCUT2D eigenvalue weighted by atomic mass is 16.2. The zero-order valence-electron chi connectivity index (χ0n) is 14.3. The van der Waals surface area contributed by atoms with Gasteiger partial charge >= 0.3 is 6.03 Å². The summed E-state index contributed by atoms with van der Waals surface area (Å²) in [6.07, 6.45) is 3.64. The molecule has 0 unspecified atom stereocenters. The topological polar surface area (TPSA) is 48.5 Å². The molecule has 0 radical (unpaired) electrons. The van der Waals surface area contributed by atoms with Crippen LogP contribution in [0.25, 0.3) is 0 Å². The van der Waals surface area contributed by atoms with Crippen molar-refractivity contribution in [2.24, 2.45) is 0 Å². The first kappa shape index (κ1) is 16.5. The van der Waals surface area contributed by atoms with E-state index in [1.54, 1.807) is 0 Å². The van der Waals surface area contributed by atoms with Crippen LogP contribution in [0, 0.1) is 13.8 Å². The van der Waals surface area contributed by atoms with Crippen molar-refractivity contribution in [1.82, 2.24) is 14.8 Å². The first-order chi connectivity index (χ1) is 11.6. The molecule has 0 aliphatic carbocycles. The lowest BCUT2D eigenvalue weighted by Gasteiger charge is -2.34. The number of hydrogen-bond donors (Lipinski definition) is 1. The Hall–Kier alpha value is -2.40. The van der Waals surface area contributed by atoms with Crippen LogP contribution in [0.2, 0.25) is 0 Å². The molecule has 0 atom stereocenters. The molecule has 2 heterocycles. The van der Waals surface area contributed by atoms with Crippen LogP contribution in [0.5, 0.6) is 0 Å². The fourth-order valence-corrected chi connectivity index (χ4v) is 3.00. The fourth-order valence-electron chi connectivity index (χ4n) is 3.00. The van der Waals surface area contributed by atoms with Gasteiger partial charge in [0, 0.05) is 50.8 Å². The van der Waals surface area contributed by atoms with Crippen molar-refractivity contribution >= 4 is 11.7 Å². The normalized spacial score (nSPS) is 15.3. The van der Waals surface area contributed by atoms with Crippen LogP contribution in [0.15, 0.2) is 42.7 Å². The molecule has 5 heteroatoms. The quantitative estimate of drug-likeness (QED) is 0.944. The SMILES string of the molecule is Cc1ccc(NC(=O)N2CCN(Cc3ccncc3)CC2)c(C)c1. The molecule has 0 spiro atoms. The zero-order valence-corrected chi connectivity index (χ0v) is 14.3. The van der Waals surface area contributed by atoms with Crippen molar-refractivity contribution in [2.75, 3.05) is 31.5 Å². The summed E-state index contributed by atoms with van der Waals surface area (Å²) in [6.45, 7) is 8.28. The summed E-state index contributed by atoms with van der Waals surface area (Å²) in [5, 5.41) is 3.03. The van der Waals surface area contributed by atoms with E-state index in [9.17, 15) is 4.79 Å². The van der Waals surface area contributed by atoms with Gasteiger partial charge in [-0.05, 0) is 43.2 Å². The van der Waals surface area contributed by atoms with Crippen molar-refractivity contribution in [2.45, 2.75) is 20.4 Å². The van der Waals surface area contributed by atoms with E-state index in [1.807, 2.05) is 48.5 Å². The third-order valence-corrected chi connectivity index (χ3v) is 4.44. The second-order valence-corrected chi connectivity index (χ2v) is 6.37. The number of piperazine rings is 1. The van der Waals surface area contributed by atoms with E-state index in [2.05, 4.69) is 28.2 Å². The second-order valence-electron chi connectivity index (χ2n) is 6.37. The number of nitrogens with one attached hydrogen (secondary N) is 1. The molecule has 0 bridgehead atoms. The second kappa shape index (κ2) is 7.45. The Bertz CT molecular complexity index is 694. The standard InChI is InChI=1S/C19H24N4O/c1-15-3-4-18(16(2)13-15)21-19(24)23-11-9-22(10-12-23)14-17-5-7-20-8-6-17/h3-8,13H,9-12,14H2,1-2H3,(H,21,24). The lowest BCUT2D eigenvalue weighted by molar-refractivity contribution is 0.143. The average Bonchev–Trinajstić information content (AvgIpc) is 2.59. The van der Waals surface area contributed by atoms with Crippen LogP contribution in [0.1, 0.15) is 16.7 Å². The highest BCUT2D eigenvalue weighted by molar-refractivity contribution is 5.90. The first-order valence-corrected chi connectivity index (χ1v) is 8.36. The minimum absolute atomic E-state index is 0.00878. The Morgan fingerprint density at radius 3 is 2.46 bits per heavy atom. The van der Waals surface area contributed by atoms with Gasteiger partial charge in [-0.2, -0.15) is 0 Å². The Kier molecular flexibility index (Phi) is 5.11. The molecule has 2 aromatic rings. The van der Waals surface area contributed by atoms with Crippen LogP contribution >= 0.6 is 0 Å². The summed E-state index contributed by atoms with van der Waals surface area (Å²) in [7, 11) is 0. The number of hydrogen-bond acceptors (Lipinski definition) is 3. The number of aryl methyl sites for hydroxylation is 2. The van der Waals surface area contributed by atoms with E-state index < -0.39 is 0 Å². The number of pyridine rings is 1. The van der Waals surface area contributed by atoms with Crippen LogP contribution in [0.3, 0.4) is 0 Å². The van der Waals surface area contributed by atoms with Gasteiger partial charge in [0.15, 0.2) is 0 Å². The molecule has 3 rings (SSSR count). The predicted molar refractivity (Wildman–Crippen MR) is 96.0 cm³/mol. The molecule has 2 amide bonds. The molecule has 1 fully saturated rings. The van der Waals surface area contributed by atoms with Gasteiger partial charge in [0.1, 0.15) is 0 Å². The van der Waals surface area contributed by atoms with Crippen LogP contribution in [-0.4, -0.2) is 47.0 Å². The van der Waals surface area contributed by atoms with E-state index in [1.165, 1.54) is 11.1 Å². The van der Waals surface area contributed by atoms with Crippen LogP contribution in [0.4, 0.5) is 10.5 Å². The maximum atomic E-state index is 12.5. The third kappa shape index (κ3) is 4.11. The van der Waals surface area contributed by atoms with E-state index >= 15 is 0 Å². The zero-order chi connectivity index (χ0) is 16.9. The summed E-state index contributed by atoms with van der Waals surface area (Å²) in [5.74, 6) is 0. The minimum Gasteiger partial charge on any atom is -0.322 e. The molecule has 5 nitrogen and oxygen atoms in total. The summed E-state index contributed by atoms with van der Waals surface area (Å²) < 4.78 is 0. The van der Waals surface area contributed by atoms with Gasteiger partial charge in [-0.25, -0.2) is 4.79 Å². The average molecular weight is 324 g/mol. The number of nitrogens with zero attached hydrogens (tertiary/aromatic N) is 3. The number of carbonyl (C=O) groups excluding carboxylic acids is 1. The summed E-state index contributed by atoms with van der Waals surface area (Å²) in [5.41, 5.74) is 4.46. The molecule has 1 aliphatic heterocycles. The van der Waals surface area contributed by atoms with E-state index in [-0.39, 0.29) is 6.03 Å². The largest absolute Gasteiger partial charge is 0.322 e.